The van der Waals surface area contributed by atoms with Crippen molar-refractivity contribution in [2.24, 2.45) is 10.9 Å². The second kappa shape index (κ2) is 10.3. The first-order chi connectivity index (χ1) is 11.1. The van der Waals surface area contributed by atoms with Gasteiger partial charge in [0, 0.05) is 32.5 Å². The topological polar surface area (TPSA) is 54.2 Å². The first kappa shape index (κ1) is 20.5. The summed E-state index contributed by atoms with van der Waals surface area (Å²) in [5.41, 5.74) is 2.51. The van der Waals surface area contributed by atoms with Crippen molar-refractivity contribution in [3.8, 4) is 0 Å². The van der Waals surface area contributed by atoms with Crippen LogP contribution in [0.25, 0.3) is 0 Å². The van der Waals surface area contributed by atoms with Gasteiger partial charge in [0.15, 0.2) is 5.96 Å². The molecule has 2 aromatic rings. The van der Waals surface area contributed by atoms with Crippen LogP contribution in [0.3, 0.4) is 0 Å². The second-order valence-corrected chi connectivity index (χ2v) is 6.16. The van der Waals surface area contributed by atoms with Crippen molar-refractivity contribution < 1.29 is 0 Å². The van der Waals surface area contributed by atoms with Crippen LogP contribution in [0.2, 0.25) is 0 Å². The molecule has 2 rings (SSSR count). The first-order valence-electron chi connectivity index (χ1n) is 8.08. The summed E-state index contributed by atoms with van der Waals surface area (Å²) in [5.74, 6) is 2.41. The highest BCUT2D eigenvalue weighted by Gasteiger charge is 2.06. The number of aliphatic imine (C=N–C) groups is 1. The van der Waals surface area contributed by atoms with Crippen LogP contribution >= 0.6 is 24.0 Å². The molecule has 1 aromatic carbocycles. The van der Waals surface area contributed by atoms with Crippen molar-refractivity contribution in [1.82, 2.24) is 20.2 Å². The van der Waals surface area contributed by atoms with Crippen LogP contribution in [0.5, 0.6) is 0 Å². The molecule has 0 aliphatic rings. The fourth-order valence-corrected chi connectivity index (χ4v) is 2.46. The molecule has 0 radical (unpaired) electrons. The highest BCUT2D eigenvalue weighted by molar-refractivity contribution is 14.0. The normalized spacial score (nSPS) is 11.3. The average molecular weight is 441 g/mol. The maximum atomic E-state index is 4.42. The first-order valence-corrected chi connectivity index (χ1v) is 8.08. The van der Waals surface area contributed by atoms with Crippen LogP contribution in [0, 0.1) is 12.8 Å². The van der Waals surface area contributed by atoms with Gasteiger partial charge in [0.2, 0.25) is 0 Å². The van der Waals surface area contributed by atoms with E-state index in [-0.39, 0.29) is 24.0 Å². The lowest BCUT2D eigenvalue weighted by Crippen LogP contribution is -2.37. The van der Waals surface area contributed by atoms with Crippen molar-refractivity contribution in [2.45, 2.75) is 40.4 Å². The van der Waals surface area contributed by atoms with Crippen molar-refractivity contribution in [3.63, 3.8) is 0 Å². The summed E-state index contributed by atoms with van der Waals surface area (Å²) in [7, 11) is 1.78. The third-order valence-electron chi connectivity index (χ3n) is 3.54. The van der Waals surface area contributed by atoms with Gasteiger partial charge in [0.05, 0.1) is 6.54 Å². The summed E-state index contributed by atoms with van der Waals surface area (Å²) in [4.78, 5) is 8.70. The number of hydrogen-bond acceptors (Lipinski definition) is 2. The maximum absolute atomic E-state index is 4.42. The quantitative estimate of drug-likeness (QED) is 0.411. The molecule has 24 heavy (non-hydrogen) atoms. The molecule has 132 valence electrons. The summed E-state index contributed by atoms with van der Waals surface area (Å²) in [6.45, 7) is 8.91. The van der Waals surface area contributed by atoms with Crippen LogP contribution in [-0.4, -0.2) is 22.6 Å². The van der Waals surface area contributed by atoms with E-state index in [1.165, 1.54) is 11.1 Å². The van der Waals surface area contributed by atoms with Crippen molar-refractivity contribution in [2.75, 3.05) is 7.05 Å². The molecule has 0 unspecified atom stereocenters. The number of hydrogen-bond donors (Lipinski definition) is 2. The van der Waals surface area contributed by atoms with Gasteiger partial charge >= 0.3 is 0 Å². The van der Waals surface area contributed by atoms with E-state index in [1.807, 2.05) is 12.4 Å². The molecule has 0 saturated carbocycles. The minimum Gasteiger partial charge on any atom is -0.352 e. The highest BCUT2D eigenvalue weighted by Crippen LogP contribution is 2.04. The molecule has 0 aliphatic carbocycles. The number of guanidine groups is 1. The Morgan fingerprint density at radius 1 is 1.25 bits per heavy atom. The van der Waals surface area contributed by atoms with E-state index < -0.39 is 0 Å². The Labute approximate surface area is 162 Å². The molecular weight excluding hydrogens is 413 g/mol. The number of benzene rings is 1. The van der Waals surface area contributed by atoms with Crippen LogP contribution in [0.1, 0.15) is 30.8 Å². The average Bonchev–Trinajstić information content (AvgIpc) is 2.94. The van der Waals surface area contributed by atoms with E-state index >= 15 is 0 Å². The summed E-state index contributed by atoms with van der Waals surface area (Å²) >= 11 is 0. The van der Waals surface area contributed by atoms with Crippen LogP contribution in [-0.2, 0) is 19.6 Å². The Morgan fingerprint density at radius 2 is 2.00 bits per heavy atom. The number of aryl methyl sites for hydroxylation is 1. The Morgan fingerprint density at radius 3 is 2.67 bits per heavy atom. The number of aromatic nitrogens is 2. The molecular formula is C18H28IN5. The summed E-state index contributed by atoms with van der Waals surface area (Å²) in [6.07, 6.45) is 3.88. The van der Waals surface area contributed by atoms with E-state index in [0.717, 1.165) is 24.9 Å². The Kier molecular flexibility index (Phi) is 8.81. The number of rotatable bonds is 6. The van der Waals surface area contributed by atoms with Crippen LogP contribution in [0.15, 0.2) is 41.7 Å². The van der Waals surface area contributed by atoms with Gasteiger partial charge in [-0.05, 0) is 18.4 Å². The molecule has 5 nitrogen and oxygen atoms in total. The molecule has 0 spiro atoms. The molecule has 0 aliphatic heterocycles. The Balaban J connectivity index is 0.00000288. The molecule has 0 saturated heterocycles. The number of nitrogens with one attached hydrogen (secondary N) is 2. The van der Waals surface area contributed by atoms with Gasteiger partial charge in [-0.2, -0.15) is 0 Å². The SMILES string of the molecule is CN=C(NCc1cccc(C)c1)NCc1nccn1CC(C)C.I. The van der Waals surface area contributed by atoms with E-state index in [2.05, 4.69) is 70.2 Å². The lowest BCUT2D eigenvalue weighted by Gasteiger charge is -2.14. The zero-order valence-electron chi connectivity index (χ0n) is 14.9. The van der Waals surface area contributed by atoms with Gasteiger partial charge in [-0.3, -0.25) is 4.99 Å². The Hall–Kier alpha value is -1.57. The van der Waals surface area contributed by atoms with E-state index in [1.54, 1.807) is 7.05 Å². The minimum absolute atomic E-state index is 0. The van der Waals surface area contributed by atoms with E-state index in [4.69, 9.17) is 0 Å². The summed E-state index contributed by atoms with van der Waals surface area (Å²) < 4.78 is 2.19. The van der Waals surface area contributed by atoms with E-state index in [9.17, 15) is 0 Å². The third-order valence-corrected chi connectivity index (χ3v) is 3.54. The highest BCUT2D eigenvalue weighted by atomic mass is 127. The molecule has 1 heterocycles. The van der Waals surface area contributed by atoms with Crippen LogP contribution in [0.4, 0.5) is 0 Å². The number of imidazole rings is 1. The zero-order chi connectivity index (χ0) is 16.7. The van der Waals surface area contributed by atoms with Gasteiger partial charge < -0.3 is 15.2 Å². The predicted octanol–water partition coefficient (Wildman–Crippen LogP) is 3.33. The van der Waals surface area contributed by atoms with Gasteiger partial charge in [0.25, 0.3) is 0 Å². The lowest BCUT2D eigenvalue weighted by molar-refractivity contribution is 0.503. The number of nitrogens with zero attached hydrogens (tertiary/aromatic N) is 3. The maximum Gasteiger partial charge on any atom is 0.191 e. The van der Waals surface area contributed by atoms with Gasteiger partial charge in [-0.1, -0.05) is 43.7 Å². The Bertz CT molecular complexity index is 648. The monoisotopic (exact) mass is 441 g/mol. The largest absolute Gasteiger partial charge is 0.352 e. The second-order valence-electron chi connectivity index (χ2n) is 6.16. The zero-order valence-corrected chi connectivity index (χ0v) is 17.2. The van der Waals surface area contributed by atoms with Gasteiger partial charge in [0.1, 0.15) is 5.82 Å². The molecule has 0 atom stereocenters. The third kappa shape index (κ3) is 6.51. The number of halogens is 1. The van der Waals surface area contributed by atoms with Crippen molar-refractivity contribution in [1.29, 1.82) is 0 Å². The van der Waals surface area contributed by atoms with Crippen molar-refractivity contribution in [3.05, 3.63) is 53.6 Å². The molecule has 0 fully saturated rings. The molecule has 6 heteroatoms. The molecule has 2 N–H and O–H groups in total. The summed E-state index contributed by atoms with van der Waals surface area (Å²) in [5, 5.41) is 6.66. The fourth-order valence-electron chi connectivity index (χ4n) is 2.46. The van der Waals surface area contributed by atoms with Crippen LogP contribution < -0.4 is 10.6 Å². The smallest absolute Gasteiger partial charge is 0.191 e. The molecule has 0 amide bonds. The predicted molar refractivity (Wildman–Crippen MR) is 111 cm³/mol. The standard InChI is InChI=1S/C18H27N5.HI/c1-14(2)13-23-9-8-20-17(23)12-22-18(19-4)21-11-16-7-5-6-15(3)10-16;/h5-10,14H,11-13H2,1-4H3,(H2,19,21,22);1H. The lowest BCUT2D eigenvalue weighted by atomic mass is 10.1. The molecule has 1 aromatic heterocycles. The van der Waals surface area contributed by atoms with Gasteiger partial charge in [-0.25, -0.2) is 4.98 Å². The van der Waals surface area contributed by atoms with Crippen molar-refractivity contribution >= 4 is 29.9 Å². The summed E-state index contributed by atoms with van der Waals surface area (Å²) in [6, 6.07) is 8.47. The molecule has 0 bridgehead atoms. The van der Waals surface area contributed by atoms with Gasteiger partial charge in [-0.15, -0.1) is 24.0 Å². The van der Waals surface area contributed by atoms with E-state index in [0.29, 0.717) is 12.5 Å². The minimum atomic E-state index is 0. The fraction of sp³-hybridized carbons (Fsp3) is 0.444.